The van der Waals surface area contributed by atoms with Crippen molar-refractivity contribution in [1.82, 2.24) is 4.90 Å². The molecule has 2 heteroatoms. The van der Waals surface area contributed by atoms with Gasteiger partial charge in [0.25, 0.3) is 0 Å². The molecule has 1 fully saturated rings. The fraction of sp³-hybridized carbons (Fsp3) is 0.588. The first-order valence-electron chi connectivity index (χ1n) is 7.63. The van der Waals surface area contributed by atoms with Crippen molar-refractivity contribution in [3.8, 4) is 0 Å². The van der Waals surface area contributed by atoms with E-state index in [1.807, 2.05) is 30.3 Å². The molecule has 0 aromatic heterocycles. The van der Waals surface area contributed by atoms with Crippen molar-refractivity contribution in [3.63, 3.8) is 0 Å². The molecule has 0 radical (unpaired) electrons. The number of carbonyl (C=O) groups is 1. The van der Waals surface area contributed by atoms with Crippen LogP contribution < -0.4 is 0 Å². The topological polar surface area (TPSA) is 20.3 Å². The molecule has 1 heterocycles. The Kier molecular flexibility index (Phi) is 5.15. The van der Waals surface area contributed by atoms with Crippen molar-refractivity contribution in [2.75, 3.05) is 6.54 Å². The molecule has 104 valence electrons. The van der Waals surface area contributed by atoms with Crippen molar-refractivity contribution in [3.05, 3.63) is 35.9 Å². The molecule has 1 aliphatic heterocycles. The highest BCUT2D eigenvalue weighted by atomic mass is 16.1. The third-order valence-corrected chi connectivity index (χ3v) is 4.29. The smallest absolute Gasteiger partial charge is 0.179 e. The number of rotatable bonds is 5. The lowest BCUT2D eigenvalue weighted by Gasteiger charge is -2.40. The summed E-state index contributed by atoms with van der Waals surface area (Å²) in [7, 11) is 0. The number of Topliss-reactive ketones (excluding diaryl/α,β-unsaturated/α-hetero) is 1. The van der Waals surface area contributed by atoms with Crippen LogP contribution >= 0.6 is 0 Å². The van der Waals surface area contributed by atoms with Crippen LogP contribution in [0.3, 0.4) is 0 Å². The monoisotopic (exact) mass is 259 g/mol. The number of carbonyl (C=O) groups excluding carboxylic acids is 1. The number of piperidine rings is 1. The average molecular weight is 259 g/mol. The summed E-state index contributed by atoms with van der Waals surface area (Å²) in [6, 6.07) is 10.4. The number of likely N-dealkylation sites (tertiary alicyclic amines) is 1. The average Bonchev–Trinajstić information content (AvgIpc) is 2.49. The fourth-order valence-electron chi connectivity index (χ4n) is 3.24. The van der Waals surface area contributed by atoms with Gasteiger partial charge in [-0.3, -0.25) is 9.69 Å². The third-order valence-electron chi connectivity index (χ3n) is 4.29. The van der Waals surface area contributed by atoms with Gasteiger partial charge in [-0.2, -0.15) is 0 Å². The molecule has 0 bridgehead atoms. The molecule has 19 heavy (non-hydrogen) atoms. The van der Waals surface area contributed by atoms with E-state index in [4.69, 9.17) is 0 Å². The summed E-state index contributed by atoms with van der Waals surface area (Å²) in [4.78, 5) is 15.2. The second-order valence-electron chi connectivity index (χ2n) is 5.45. The second kappa shape index (κ2) is 6.85. The minimum absolute atomic E-state index is 0.0626. The van der Waals surface area contributed by atoms with E-state index in [1.54, 1.807) is 0 Å². The van der Waals surface area contributed by atoms with Crippen LogP contribution in [0.2, 0.25) is 0 Å². The van der Waals surface area contributed by atoms with Crippen LogP contribution in [0.25, 0.3) is 0 Å². The maximum Gasteiger partial charge on any atom is 0.179 e. The first kappa shape index (κ1) is 14.3. The largest absolute Gasteiger partial charge is 0.292 e. The Bertz CT molecular complexity index is 401. The van der Waals surface area contributed by atoms with E-state index < -0.39 is 0 Å². The molecule has 0 aliphatic carbocycles. The highest BCUT2D eigenvalue weighted by Crippen LogP contribution is 2.25. The Morgan fingerprint density at radius 2 is 2.00 bits per heavy atom. The minimum Gasteiger partial charge on any atom is -0.292 e. The molecule has 1 saturated heterocycles. The summed E-state index contributed by atoms with van der Waals surface area (Å²) in [6.07, 6.45) is 5.85. The highest BCUT2D eigenvalue weighted by molar-refractivity contribution is 6.00. The molecule has 2 atom stereocenters. The van der Waals surface area contributed by atoms with E-state index in [9.17, 15) is 4.79 Å². The van der Waals surface area contributed by atoms with Crippen molar-refractivity contribution in [1.29, 1.82) is 0 Å². The van der Waals surface area contributed by atoms with E-state index in [1.165, 1.54) is 19.3 Å². The van der Waals surface area contributed by atoms with Crippen LogP contribution in [0, 0.1) is 0 Å². The summed E-state index contributed by atoms with van der Waals surface area (Å²) >= 11 is 0. The Labute approximate surface area is 116 Å². The highest BCUT2D eigenvalue weighted by Gasteiger charge is 2.31. The van der Waals surface area contributed by atoms with Gasteiger partial charge in [-0.25, -0.2) is 0 Å². The van der Waals surface area contributed by atoms with E-state index in [2.05, 4.69) is 18.7 Å². The van der Waals surface area contributed by atoms with Crippen molar-refractivity contribution >= 4 is 5.78 Å². The lowest BCUT2D eigenvalue weighted by Crippen LogP contribution is -2.49. The fourth-order valence-corrected chi connectivity index (χ4v) is 3.24. The van der Waals surface area contributed by atoms with Gasteiger partial charge in [0.2, 0.25) is 0 Å². The number of hydrogen-bond acceptors (Lipinski definition) is 2. The zero-order valence-corrected chi connectivity index (χ0v) is 12.1. The van der Waals surface area contributed by atoms with Crippen LogP contribution in [0.5, 0.6) is 0 Å². The van der Waals surface area contributed by atoms with Crippen LogP contribution in [-0.2, 0) is 0 Å². The Balaban J connectivity index is 2.16. The molecule has 0 N–H and O–H groups in total. The molecule has 1 aromatic carbocycles. The number of nitrogens with zero attached hydrogens (tertiary/aromatic N) is 1. The van der Waals surface area contributed by atoms with Crippen molar-refractivity contribution < 1.29 is 4.79 Å². The molecular weight excluding hydrogens is 234 g/mol. The summed E-state index contributed by atoms with van der Waals surface area (Å²) in [5, 5.41) is 0. The van der Waals surface area contributed by atoms with Gasteiger partial charge in [0.1, 0.15) is 0 Å². The minimum atomic E-state index is 0.0626. The van der Waals surface area contributed by atoms with E-state index >= 15 is 0 Å². The molecule has 2 nitrogen and oxygen atoms in total. The quantitative estimate of drug-likeness (QED) is 0.747. The summed E-state index contributed by atoms with van der Waals surface area (Å²) in [6.45, 7) is 5.45. The number of ketones is 1. The number of benzene rings is 1. The molecular formula is C17H25NO. The van der Waals surface area contributed by atoms with Crippen LogP contribution in [-0.4, -0.2) is 29.3 Å². The van der Waals surface area contributed by atoms with Gasteiger partial charge in [-0.15, -0.1) is 0 Å². The number of hydrogen-bond donors (Lipinski definition) is 0. The van der Waals surface area contributed by atoms with E-state index in [0.29, 0.717) is 11.8 Å². The normalized spacial score (nSPS) is 22.1. The Morgan fingerprint density at radius 1 is 1.26 bits per heavy atom. The van der Waals surface area contributed by atoms with Gasteiger partial charge >= 0.3 is 0 Å². The summed E-state index contributed by atoms with van der Waals surface area (Å²) in [5.74, 6) is 0.295. The predicted octanol–water partition coefficient (Wildman–Crippen LogP) is 3.91. The zero-order chi connectivity index (χ0) is 13.7. The summed E-state index contributed by atoms with van der Waals surface area (Å²) in [5.41, 5.74) is 0.856. The molecule has 1 aliphatic rings. The lowest BCUT2D eigenvalue weighted by atomic mass is 9.93. The van der Waals surface area contributed by atoms with Gasteiger partial charge in [0.15, 0.2) is 5.78 Å². The van der Waals surface area contributed by atoms with Gasteiger partial charge in [-0.1, -0.05) is 50.6 Å². The maximum absolute atomic E-state index is 12.7. The standard InChI is InChI=1S/C17H25NO/c1-3-15-12-8-9-13-18(15)16(4-2)17(19)14-10-6-5-7-11-14/h5-7,10-11,15-16H,3-4,8-9,12-13H2,1-2H3. The van der Waals surface area contributed by atoms with Gasteiger partial charge in [0, 0.05) is 11.6 Å². The first-order chi connectivity index (χ1) is 9.27. The molecule has 2 rings (SSSR count). The van der Waals surface area contributed by atoms with Crippen LogP contribution in [0.1, 0.15) is 56.3 Å². The van der Waals surface area contributed by atoms with Crippen LogP contribution in [0.15, 0.2) is 30.3 Å². The van der Waals surface area contributed by atoms with Gasteiger partial charge in [-0.05, 0) is 32.2 Å². The molecule has 0 amide bonds. The third kappa shape index (κ3) is 3.24. The van der Waals surface area contributed by atoms with Gasteiger partial charge in [0.05, 0.1) is 6.04 Å². The van der Waals surface area contributed by atoms with E-state index in [-0.39, 0.29) is 6.04 Å². The second-order valence-corrected chi connectivity index (χ2v) is 5.45. The predicted molar refractivity (Wildman–Crippen MR) is 79.5 cm³/mol. The molecule has 1 aromatic rings. The molecule has 0 saturated carbocycles. The Morgan fingerprint density at radius 3 is 2.63 bits per heavy atom. The van der Waals surface area contributed by atoms with E-state index in [0.717, 1.165) is 24.9 Å². The lowest BCUT2D eigenvalue weighted by molar-refractivity contribution is 0.0611. The zero-order valence-electron chi connectivity index (χ0n) is 12.1. The molecule has 0 spiro atoms. The molecule has 2 unspecified atom stereocenters. The van der Waals surface area contributed by atoms with Crippen LogP contribution in [0.4, 0.5) is 0 Å². The van der Waals surface area contributed by atoms with Gasteiger partial charge < -0.3 is 0 Å². The first-order valence-corrected chi connectivity index (χ1v) is 7.63. The summed E-state index contributed by atoms with van der Waals surface area (Å²) < 4.78 is 0. The van der Waals surface area contributed by atoms with Crippen molar-refractivity contribution in [2.45, 2.75) is 58.0 Å². The van der Waals surface area contributed by atoms with Crippen molar-refractivity contribution in [2.24, 2.45) is 0 Å². The Hall–Kier alpha value is -1.15. The SMILES string of the molecule is CCC1CCCCN1C(CC)C(=O)c1ccccc1. The maximum atomic E-state index is 12.7.